The van der Waals surface area contributed by atoms with Gasteiger partial charge in [0.05, 0.1) is 0 Å². The lowest BCUT2D eigenvalue weighted by Gasteiger charge is -2.34. The van der Waals surface area contributed by atoms with Crippen LogP contribution < -0.4 is 10.6 Å². The predicted molar refractivity (Wildman–Crippen MR) is 105 cm³/mol. The van der Waals surface area contributed by atoms with E-state index in [2.05, 4.69) is 48.7 Å². The molecule has 3 heteroatoms. The molecule has 0 bridgehead atoms. The van der Waals surface area contributed by atoms with E-state index in [0.29, 0.717) is 17.4 Å². The third kappa shape index (κ3) is 5.23. The van der Waals surface area contributed by atoms with Crippen molar-refractivity contribution < 1.29 is 4.79 Å². The van der Waals surface area contributed by atoms with Crippen molar-refractivity contribution in [2.24, 2.45) is 11.3 Å². The molecule has 2 saturated carbocycles. The zero-order chi connectivity index (χ0) is 17.7. The van der Waals surface area contributed by atoms with Crippen molar-refractivity contribution in [3.05, 3.63) is 29.8 Å². The average Bonchev–Trinajstić information content (AvgIpc) is 2.62. The summed E-state index contributed by atoms with van der Waals surface area (Å²) in [6.45, 7) is 5.64. The second-order valence-corrected chi connectivity index (χ2v) is 8.95. The molecular formula is C22H34N2O. The van der Waals surface area contributed by atoms with Crippen molar-refractivity contribution in [2.75, 3.05) is 11.9 Å². The van der Waals surface area contributed by atoms with Crippen LogP contribution in [0.1, 0.15) is 76.7 Å². The summed E-state index contributed by atoms with van der Waals surface area (Å²) in [5.74, 6) is 1.41. The van der Waals surface area contributed by atoms with Crippen LogP contribution in [0.5, 0.6) is 0 Å². The zero-order valence-corrected chi connectivity index (χ0v) is 15.9. The topological polar surface area (TPSA) is 41.1 Å². The second-order valence-electron chi connectivity index (χ2n) is 8.95. The number of hydrogen-bond donors (Lipinski definition) is 2. The van der Waals surface area contributed by atoms with Gasteiger partial charge >= 0.3 is 0 Å². The summed E-state index contributed by atoms with van der Waals surface area (Å²) in [7, 11) is 0. The molecule has 1 aromatic rings. The zero-order valence-electron chi connectivity index (χ0n) is 15.9. The first-order valence-electron chi connectivity index (χ1n) is 10.1. The highest BCUT2D eigenvalue weighted by atomic mass is 16.1. The minimum Gasteiger partial charge on any atom is -0.382 e. The maximum Gasteiger partial charge on any atom is 0.207 e. The second kappa shape index (κ2) is 8.25. The first kappa shape index (κ1) is 18.3. The third-order valence-corrected chi connectivity index (χ3v) is 6.43. The molecule has 2 aliphatic carbocycles. The maximum absolute atomic E-state index is 10.4. The largest absolute Gasteiger partial charge is 0.382 e. The van der Waals surface area contributed by atoms with Gasteiger partial charge in [-0.1, -0.05) is 26.0 Å². The van der Waals surface area contributed by atoms with Crippen molar-refractivity contribution in [3.63, 3.8) is 0 Å². The molecule has 0 aliphatic heterocycles. The highest BCUT2D eigenvalue weighted by molar-refractivity contribution is 5.46. The number of benzene rings is 1. The van der Waals surface area contributed by atoms with Gasteiger partial charge in [0.1, 0.15) is 0 Å². The molecule has 1 aromatic carbocycles. The van der Waals surface area contributed by atoms with Crippen molar-refractivity contribution in [3.8, 4) is 0 Å². The molecule has 0 saturated heterocycles. The SMILES string of the molecule is CC1(C)CCC(c2ccc(NC3CCC(CNC=O)CC3)cc2)CC1. The molecule has 1 amide bonds. The first-order chi connectivity index (χ1) is 12.1. The quantitative estimate of drug-likeness (QED) is 0.707. The Kier molecular flexibility index (Phi) is 6.03. The van der Waals surface area contributed by atoms with E-state index < -0.39 is 0 Å². The number of rotatable bonds is 6. The summed E-state index contributed by atoms with van der Waals surface area (Å²) >= 11 is 0. The number of carbonyl (C=O) groups is 1. The van der Waals surface area contributed by atoms with E-state index in [0.717, 1.165) is 18.9 Å². The Morgan fingerprint density at radius 1 is 1.00 bits per heavy atom. The van der Waals surface area contributed by atoms with E-state index in [9.17, 15) is 4.79 Å². The maximum atomic E-state index is 10.4. The Morgan fingerprint density at radius 2 is 1.64 bits per heavy atom. The summed E-state index contributed by atoms with van der Waals surface area (Å²) in [5.41, 5.74) is 3.32. The molecule has 0 radical (unpaired) electrons. The normalized spacial score (nSPS) is 26.8. The Bertz CT molecular complexity index is 534. The fourth-order valence-electron chi connectivity index (χ4n) is 4.55. The summed E-state index contributed by atoms with van der Waals surface area (Å²) in [6.07, 6.45) is 11.0. The third-order valence-electron chi connectivity index (χ3n) is 6.43. The lowest BCUT2D eigenvalue weighted by Crippen LogP contribution is -2.30. The Morgan fingerprint density at radius 3 is 2.24 bits per heavy atom. The lowest BCUT2D eigenvalue weighted by atomic mass is 9.71. The number of carbonyl (C=O) groups excluding carboxylic acids is 1. The summed E-state index contributed by atoms with van der Waals surface area (Å²) in [5, 5.41) is 6.53. The fourth-order valence-corrected chi connectivity index (χ4v) is 4.55. The standard InChI is InChI=1S/C22H34N2O/c1-22(2)13-11-19(12-14-22)18-5-9-21(10-6-18)24-20-7-3-17(4-8-20)15-23-16-25/h5-6,9-10,16-17,19-20,24H,3-4,7-8,11-15H2,1-2H3,(H,23,25). The molecule has 3 nitrogen and oxygen atoms in total. The Balaban J connectivity index is 1.46. The summed E-state index contributed by atoms with van der Waals surface area (Å²) in [6, 6.07) is 9.80. The highest BCUT2D eigenvalue weighted by Crippen LogP contribution is 2.42. The number of amides is 1. The van der Waals surface area contributed by atoms with E-state index in [1.165, 1.54) is 62.6 Å². The van der Waals surface area contributed by atoms with Crippen molar-refractivity contribution in [1.29, 1.82) is 0 Å². The van der Waals surface area contributed by atoms with Crippen LogP contribution in [0.25, 0.3) is 0 Å². The molecule has 3 rings (SSSR count). The molecule has 0 unspecified atom stereocenters. The monoisotopic (exact) mass is 342 g/mol. The van der Waals surface area contributed by atoms with Crippen LogP contribution in [0.15, 0.2) is 24.3 Å². The molecule has 0 heterocycles. The van der Waals surface area contributed by atoms with Gasteiger partial charge in [0, 0.05) is 18.3 Å². The molecule has 0 atom stereocenters. The van der Waals surface area contributed by atoms with E-state index >= 15 is 0 Å². The molecule has 25 heavy (non-hydrogen) atoms. The van der Waals surface area contributed by atoms with Gasteiger partial charge in [-0.25, -0.2) is 0 Å². The van der Waals surface area contributed by atoms with Crippen LogP contribution in [0.3, 0.4) is 0 Å². The molecule has 2 fully saturated rings. The molecule has 2 aliphatic rings. The average molecular weight is 343 g/mol. The van der Waals surface area contributed by atoms with Crippen LogP contribution in [0.4, 0.5) is 5.69 Å². The molecule has 2 N–H and O–H groups in total. The van der Waals surface area contributed by atoms with Crippen molar-refractivity contribution in [1.82, 2.24) is 5.32 Å². The van der Waals surface area contributed by atoms with E-state index in [-0.39, 0.29) is 0 Å². The van der Waals surface area contributed by atoms with Gasteiger partial charge in [-0.2, -0.15) is 0 Å². The number of hydrogen-bond acceptors (Lipinski definition) is 2. The first-order valence-corrected chi connectivity index (χ1v) is 10.1. The minimum absolute atomic E-state index is 0.540. The number of nitrogens with one attached hydrogen (secondary N) is 2. The fraction of sp³-hybridized carbons (Fsp3) is 0.682. The molecule has 0 aromatic heterocycles. The van der Waals surface area contributed by atoms with Gasteiger partial charge in [0.2, 0.25) is 6.41 Å². The van der Waals surface area contributed by atoms with Crippen LogP contribution >= 0.6 is 0 Å². The van der Waals surface area contributed by atoms with E-state index in [1.807, 2.05) is 0 Å². The molecular weight excluding hydrogens is 308 g/mol. The van der Waals surface area contributed by atoms with Crippen LogP contribution in [-0.2, 0) is 4.79 Å². The minimum atomic E-state index is 0.540. The molecule has 0 spiro atoms. The highest BCUT2D eigenvalue weighted by Gasteiger charge is 2.27. The smallest absolute Gasteiger partial charge is 0.207 e. The summed E-state index contributed by atoms with van der Waals surface area (Å²) in [4.78, 5) is 10.4. The van der Waals surface area contributed by atoms with Crippen molar-refractivity contribution in [2.45, 2.75) is 77.2 Å². The van der Waals surface area contributed by atoms with Crippen LogP contribution in [0, 0.1) is 11.3 Å². The molecule has 138 valence electrons. The van der Waals surface area contributed by atoms with E-state index in [4.69, 9.17) is 0 Å². The van der Waals surface area contributed by atoms with Gasteiger partial charge in [0.15, 0.2) is 0 Å². The van der Waals surface area contributed by atoms with Gasteiger partial charge in [-0.15, -0.1) is 0 Å². The summed E-state index contributed by atoms with van der Waals surface area (Å²) < 4.78 is 0. The van der Waals surface area contributed by atoms with Gasteiger partial charge in [0.25, 0.3) is 0 Å². The Labute approximate surface area is 153 Å². The predicted octanol–water partition coefficient (Wildman–Crippen LogP) is 5.09. The van der Waals surface area contributed by atoms with Crippen LogP contribution in [0.2, 0.25) is 0 Å². The van der Waals surface area contributed by atoms with E-state index in [1.54, 1.807) is 0 Å². The lowest BCUT2D eigenvalue weighted by molar-refractivity contribution is -0.109. The Hall–Kier alpha value is -1.51. The van der Waals surface area contributed by atoms with Crippen molar-refractivity contribution >= 4 is 12.1 Å². The van der Waals surface area contributed by atoms with Crippen LogP contribution in [-0.4, -0.2) is 19.0 Å². The van der Waals surface area contributed by atoms with Gasteiger partial charge in [-0.05, 0) is 86.3 Å². The van der Waals surface area contributed by atoms with Gasteiger partial charge < -0.3 is 10.6 Å². The number of anilines is 1. The van der Waals surface area contributed by atoms with Gasteiger partial charge in [-0.3, -0.25) is 4.79 Å².